The lowest BCUT2D eigenvalue weighted by Crippen LogP contribution is -2.41. The highest BCUT2D eigenvalue weighted by molar-refractivity contribution is 7.99. The van der Waals surface area contributed by atoms with Crippen LogP contribution in [-0.4, -0.2) is 34.1 Å². The highest BCUT2D eigenvalue weighted by Gasteiger charge is 2.31. The molecule has 0 spiro atoms. The highest BCUT2D eigenvalue weighted by Crippen LogP contribution is 2.39. The molecule has 4 heteroatoms. The molecule has 16 heavy (non-hydrogen) atoms. The van der Waals surface area contributed by atoms with Crippen LogP contribution < -0.4 is 5.32 Å². The van der Waals surface area contributed by atoms with Gasteiger partial charge in [-0.1, -0.05) is 6.42 Å². The van der Waals surface area contributed by atoms with Gasteiger partial charge in [-0.05, 0) is 19.1 Å². The molecule has 1 aromatic rings. The number of hydrogen-bond acceptors (Lipinski definition) is 3. The molecule has 3 rings (SSSR count). The summed E-state index contributed by atoms with van der Waals surface area (Å²) in [4.78, 5) is 4.36. The van der Waals surface area contributed by atoms with Crippen LogP contribution in [0, 0.1) is 0 Å². The first-order chi connectivity index (χ1) is 7.90. The molecule has 0 bridgehead atoms. The maximum Gasteiger partial charge on any atom is 0.0951 e. The molecule has 2 unspecified atom stereocenters. The second-order valence-electron chi connectivity index (χ2n) is 4.85. The van der Waals surface area contributed by atoms with Crippen molar-refractivity contribution < 1.29 is 0 Å². The summed E-state index contributed by atoms with van der Waals surface area (Å²) in [7, 11) is 0. The van der Waals surface area contributed by atoms with E-state index in [1.165, 1.54) is 25.0 Å². The van der Waals surface area contributed by atoms with Crippen molar-refractivity contribution in [2.75, 3.05) is 19.3 Å². The summed E-state index contributed by atoms with van der Waals surface area (Å²) in [5.74, 6) is 0.700. The fourth-order valence-corrected chi connectivity index (χ4v) is 3.89. The van der Waals surface area contributed by atoms with Crippen molar-refractivity contribution in [2.45, 2.75) is 36.5 Å². The van der Waals surface area contributed by atoms with E-state index in [4.69, 9.17) is 0 Å². The van der Waals surface area contributed by atoms with Crippen LogP contribution in [0.5, 0.6) is 0 Å². The lowest BCUT2D eigenvalue weighted by molar-refractivity contribution is 0.404. The second-order valence-corrected chi connectivity index (χ2v) is 5.93. The fourth-order valence-electron chi connectivity index (χ4n) is 2.91. The Kier molecular flexibility index (Phi) is 2.94. The van der Waals surface area contributed by atoms with E-state index in [0.717, 1.165) is 18.3 Å². The van der Waals surface area contributed by atoms with Gasteiger partial charge in [-0.3, -0.25) is 0 Å². The van der Waals surface area contributed by atoms with Crippen LogP contribution in [0.15, 0.2) is 12.5 Å². The molecule has 1 saturated heterocycles. The van der Waals surface area contributed by atoms with Gasteiger partial charge in [-0.25, -0.2) is 4.98 Å². The number of aromatic nitrogens is 2. The van der Waals surface area contributed by atoms with Crippen LogP contribution in [0.25, 0.3) is 0 Å². The molecule has 0 radical (unpaired) electrons. The molecular formula is C12H19N3S. The van der Waals surface area contributed by atoms with E-state index in [-0.39, 0.29) is 0 Å². The summed E-state index contributed by atoms with van der Waals surface area (Å²) < 4.78 is 2.46. The van der Waals surface area contributed by atoms with Crippen LogP contribution in [-0.2, 0) is 0 Å². The van der Waals surface area contributed by atoms with Crippen LogP contribution >= 0.6 is 11.8 Å². The SMILES string of the molecule is CSC1CCCC1n1cncc1C1CNC1. The summed E-state index contributed by atoms with van der Waals surface area (Å²) in [6, 6.07) is 0.688. The summed E-state index contributed by atoms with van der Waals surface area (Å²) in [6.07, 6.45) is 10.4. The highest BCUT2D eigenvalue weighted by atomic mass is 32.2. The monoisotopic (exact) mass is 237 g/mol. The Hall–Kier alpha value is -0.480. The number of rotatable bonds is 3. The third kappa shape index (κ3) is 1.68. The Morgan fingerprint density at radius 1 is 1.44 bits per heavy atom. The molecule has 2 atom stereocenters. The van der Waals surface area contributed by atoms with Gasteiger partial charge in [0, 0.05) is 42.2 Å². The van der Waals surface area contributed by atoms with Gasteiger partial charge in [-0.15, -0.1) is 0 Å². The van der Waals surface area contributed by atoms with Crippen LogP contribution in [0.3, 0.4) is 0 Å². The Balaban J connectivity index is 1.84. The number of hydrogen-bond donors (Lipinski definition) is 1. The Morgan fingerprint density at radius 2 is 2.31 bits per heavy atom. The number of imidazole rings is 1. The van der Waals surface area contributed by atoms with Crippen LogP contribution in [0.2, 0.25) is 0 Å². The van der Waals surface area contributed by atoms with Crippen molar-refractivity contribution >= 4 is 11.8 Å². The zero-order chi connectivity index (χ0) is 11.0. The minimum atomic E-state index is 0.688. The summed E-state index contributed by atoms with van der Waals surface area (Å²) in [6.45, 7) is 2.25. The van der Waals surface area contributed by atoms with Gasteiger partial charge in [0.2, 0.25) is 0 Å². The zero-order valence-electron chi connectivity index (χ0n) is 9.72. The normalized spacial score (nSPS) is 30.6. The summed E-state index contributed by atoms with van der Waals surface area (Å²) in [5, 5.41) is 4.14. The number of nitrogens with zero attached hydrogens (tertiary/aromatic N) is 2. The standard InChI is InChI=1S/C12H19N3S/c1-16-12-4-2-3-10(12)15-8-14-7-11(15)9-5-13-6-9/h7-10,12-13H,2-6H2,1H3. The Labute approximate surface area is 101 Å². The van der Waals surface area contributed by atoms with Gasteiger partial charge in [0.1, 0.15) is 0 Å². The van der Waals surface area contributed by atoms with Gasteiger partial charge < -0.3 is 9.88 Å². The van der Waals surface area contributed by atoms with E-state index in [1.54, 1.807) is 0 Å². The molecule has 1 N–H and O–H groups in total. The zero-order valence-corrected chi connectivity index (χ0v) is 10.5. The largest absolute Gasteiger partial charge is 0.330 e. The Morgan fingerprint density at radius 3 is 3.00 bits per heavy atom. The van der Waals surface area contributed by atoms with Gasteiger partial charge in [-0.2, -0.15) is 11.8 Å². The van der Waals surface area contributed by atoms with Crippen LogP contribution in [0.4, 0.5) is 0 Å². The van der Waals surface area contributed by atoms with Crippen molar-refractivity contribution in [2.24, 2.45) is 0 Å². The van der Waals surface area contributed by atoms with E-state index >= 15 is 0 Å². The molecule has 1 saturated carbocycles. The minimum absolute atomic E-state index is 0.688. The van der Waals surface area contributed by atoms with Gasteiger partial charge in [0.05, 0.1) is 6.33 Å². The summed E-state index contributed by atoms with van der Waals surface area (Å²) in [5.41, 5.74) is 1.45. The lowest BCUT2D eigenvalue weighted by atomic mass is 9.99. The number of thioether (sulfide) groups is 1. The molecule has 2 heterocycles. The molecule has 1 aliphatic carbocycles. The topological polar surface area (TPSA) is 29.9 Å². The van der Waals surface area contributed by atoms with E-state index in [0.29, 0.717) is 12.0 Å². The molecule has 2 fully saturated rings. The maximum atomic E-state index is 4.36. The molecule has 0 amide bonds. The molecule has 88 valence electrons. The number of nitrogens with one attached hydrogen (secondary N) is 1. The molecule has 3 nitrogen and oxygen atoms in total. The first-order valence-electron chi connectivity index (χ1n) is 6.15. The van der Waals surface area contributed by atoms with E-state index in [1.807, 2.05) is 18.1 Å². The molecule has 1 aromatic heterocycles. The minimum Gasteiger partial charge on any atom is -0.330 e. The van der Waals surface area contributed by atoms with Crippen molar-refractivity contribution in [3.8, 4) is 0 Å². The quantitative estimate of drug-likeness (QED) is 0.872. The maximum absolute atomic E-state index is 4.36. The second kappa shape index (κ2) is 4.41. The van der Waals surface area contributed by atoms with E-state index in [2.05, 4.69) is 27.3 Å². The van der Waals surface area contributed by atoms with Gasteiger partial charge >= 0.3 is 0 Å². The molecule has 2 aliphatic rings. The van der Waals surface area contributed by atoms with Crippen molar-refractivity contribution in [1.82, 2.24) is 14.9 Å². The average Bonchev–Trinajstić information content (AvgIpc) is 2.81. The Bertz CT molecular complexity index is 359. The van der Waals surface area contributed by atoms with E-state index in [9.17, 15) is 0 Å². The smallest absolute Gasteiger partial charge is 0.0951 e. The van der Waals surface area contributed by atoms with Crippen LogP contribution in [0.1, 0.15) is 36.9 Å². The first-order valence-corrected chi connectivity index (χ1v) is 7.44. The average molecular weight is 237 g/mol. The fraction of sp³-hybridized carbons (Fsp3) is 0.750. The third-order valence-electron chi connectivity index (χ3n) is 3.97. The predicted octanol–water partition coefficient (Wildman–Crippen LogP) is 2.03. The lowest BCUT2D eigenvalue weighted by Gasteiger charge is -2.30. The molecule has 1 aliphatic heterocycles. The predicted molar refractivity (Wildman–Crippen MR) is 68.0 cm³/mol. The van der Waals surface area contributed by atoms with Crippen molar-refractivity contribution in [1.29, 1.82) is 0 Å². The van der Waals surface area contributed by atoms with Crippen molar-refractivity contribution in [3.63, 3.8) is 0 Å². The van der Waals surface area contributed by atoms with Gasteiger partial charge in [0.15, 0.2) is 0 Å². The third-order valence-corrected chi connectivity index (χ3v) is 5.13. The van der Waals surface area contributed by atoms with Crippen molar-refractivity contribution in [3.05, 3.63) is 18.2 Å². The molecular weight excluding hydrogens is 218 g/mol. The van der Waals surface area contributed by atoms with E-state index < -0.39 is 0 Å². The first kappa shape index (κ1) is 10.7. The summed E-state index contributed by atoms with van der Waals surface area (Å²) >= 11 is 2.02. The van der Waals surface area contributed by atoms with Gasteiger partial charge in [0.25, 0.3) is 0 Å². The molecule has 0 aromatic carbocycles.